The SMILES string of the molecule is CC1=C(O)/C(=N/c2c(N)n3n(c2=O)CCC3)C=CC1=O. The summed E-state index contributed by atoms with van der Waals surface area (Å²) in [5.74, 6) is -0.200. The second-order valence-corrected chi connectivity index (χ2v) is 4.81. The van der Waals surface area contributed by atoms with Crippen LogP contribution < -0.4 is 11.3 Å². The van der Waals surface area contributed by atoms with Crippen LogP contribution in [0.15, 0.2) is 33.3 Å². The summed E-state index contributed by atoms with van der Waals surface area (Å²) in [4.78, 5) is 27.7. The summed E-state index contributed by atoms with van der Waals surface area (Å²) in [7, 11) is 0. The van der Waals surface area contributed by atoms with E-state index >= 15 is 0 Å². The first kappa shape index (κ1) is 12.5. The lowest BCUT2D eigenvalue weighted by atomic mass is 10.0. The molecule has 0 spiro atoms. The highest BCUT2D eigenvalue weighted by Crippen LogP contribution is 2.24. The maximum atomic E-state index is 12.2. The van der Waals surface area contributed by atoms with Gasteiger partial charge in [0.1, 0.15) is 11.5 Å². The van der Waals surface area contributed by atoms with Gasteiger partial charge in [0.15, 0.2) is 17.3 Å². The molecule has 2 heterocycles. The maximum Gasteiger partial charge on any atom is 0.294 e. The minimum atomic E-state index is -0.275. The first-order valence-electron chi connectivity index (χ1n) is 6.31. The van der Waals surface area contributed by atoms with E-state index in [9.17, 15) is 14.7 Å². The molecule has 7 heteroatoms. The molecule has 0 atom stereocenters. The number of fused-ring (bicyclic) bond motifs is 1. The highest BCUT2D eigenvalue weighted by molar-refractivity contribution is 6.21. The molecule has 3 rings (SSSR count). The predicted octanol–water partition coefficient (Wildman–Crippen LogP) is 0.679. The Bertz CT molecular complexity index is 761. The van der Waals surface area contributed by atoms with E-state index in [0.29, 0.717) is 13.1 Å². The number of nitrogens with zero attached hydrogens (tertiary/aromatic N) is 3. The quantitative estimate of drug-likeness (QED) is 0.735. The average molecular weight is 274 g/mol. The van der Waals surface area contributed by atoms with Crippen molar-refractivity contribution in [1.82, 2.24) is 9.36 Å². The summed E-state index contributed by atoms with van der Waals surface area (Å²) in [5, 5.41) is 9.92. The molecule has 0 unspecified atom stereocenters. The molecule has 1 aliphatic carbocycles. The molecule has 2 aliphatic rings. The summed E-state index contributed by atoms with van der Waals surface area (Å²) in [5.41, 5.74) is 6.14. The Hall–Kier alpha value is -2.57. The largest absolute Gasteiger partial charge is 0.505 e. The number of carbonyl (C=O) groups excluding carboxylic acids is 1. The van der Waals surface area contributed by atoms with Crippen LogP contribution in [0.25, 0.3) is 0 Å². The second kappa shape index (κ2) is 4.22. The zero-order valence-corrected chi connectivity index (χ0v) is 11.0. The van der Waals surface area contributed by atoms with Crippen LogP contribution in [-0.4, -0.2) is 26.0 Å². The number of carbonyl (C=O) groups is 1. The first-order valence-corrected chi connectivity index (χ1v) is 6.31. The summed E-state index contributed by atoms with van der Waals surface area (Å²) in [6.45, 7) is 2.80. The molecule has 104 valence electrons. The van der Waals surface area contributed by atoms with Crippen molar-refractivity contribution in [3.8, 4) is 0 Å². The van der Waals surface area contributed by atoms with Gasteiger partial charge in [-0.05, 0) is 25.5 Å². The van der Waals surface area contributed by atoms with Gasteiger partial charge in [-0.1, -0.05) is 0 Å². The van der Waals surface area contributed by atoms with E-state index in [0.717, 1.165) is 6.42 Å². The van der Waals surface area contributed by atoms with Crippen molar-refractivity contribution in [2.75, 3.05) is 5.73 Å². The van der Waals surface area contributed by atoms with Crippen LogP contribution in [0.4, 0.5) is 11.5 Å². The third-order valence-corrected chi connectivity index (χ3v) is 3.58. The molecule has 0 saturated heterocycles. The van der Waals surface area contributed by atoms with Crippen LogP contribution in [0.2, 0.25) is 0 Å². The number of nitrogens with two attached hydrogens (primary N) is 1. The van der Waals surface area contributed by atoms with Crippen molar-refractivity contribution >= 4 is 23.0 Å². The molecule has 0 fully saturated rings. The minimum absolute atomic E-state index is 0.109. The van der Waals surface area contributed by atoms with Crippen LogP contribution in [0.1, 0.15) is 13.3 Å². The van der Waals surface area contributed by atoms with Gasteiger partial charge < -0.3 is 10.8 Å². The van der Waals surface area contributed by atoms with Gasteiger partial charge >= 0.3 is 0 Å². The van der Waals surface area contributed by atoms with Crippen molar-refractivity contribution in [3.05, 3.63) is 33.8 Å². The molecule has 1 aromatic heterocycles. The van der Waals surface area contributed by atoms with E-state index < -0.39 is 0 Å². The minimum Gasteiger partial charge on any atom is -0.505 e. The number of anilines is 1. The van der Waals surface area contributed by atoms with Crippen molar-refractivity contribution in [2.24, 2.45) is 4.99 Å². The molecular weight excluding hydrogens is 260 g/mol. The smallest absolute Gasteiger partial charge is 0.294 e. The molecule has 1 aliphatic heterocycles. The molecule has 3 N–H and O–H groups in total. The van der Waals surface area contributed by atoms with Gasteiger partial charge in [0, 0.05) is 18.7 Å². The number of allylic oxidation sites excluding steroid dienone is 3. The molecule has 0 aromatic carbocycles. The fourth-order valence-corrected chi connectivity index (χ4v) is 2.41. The number of rotatable bonds is 1. The average Bonchev–Trinajstić information content (AvgIpc) is 2.99. The standard InChI is InChI=1S/C13H14N4O3/c1-7-9(18)4-3-8(11(7)19)15-10-12(14)16-5-2-6-17(16)13(10)20/h3-4,19H,2,5-6,14H2,1H3/b15-8+. The van der Waals surface area contributed by atoms with E-state index in [4.69, 9.17) is 5.73 Å². The molecule has 1 aromatic rings. The Morgan fingerprint density at radius 3 is 2.65 bits per heavy atom. The molecule has 0 saturated carbocycles. The van der Waals surface area contributed by atoms with Crippen molar-refractivity contribution in [2.45, 2.75) is 26.4 Å². The number of ketones is 1. The van der Waals surface area contributed by atoms with Crippen molar-refractivity contribution < 1.29 is 9.90 Å². The van der Waals surface area contributed by atoms with Gasteiger partial charge in [-0.3, -0.25) is 14.3 Å². The topological polar surface area (TPSA) is 103 Å². The van der Waals surface area contributed by atoms with E-state index in [1.165, 1.54) is 19.1 Å². The summed E-state index contributed by atoms with van der Waals surface area (Å²) < 4.78 is 3.23. The molecular formula is C13H14N4O3. The van der Waals surface area contributed by atoms with E-state index in [2.05, 4.69) is 4.99 Å². The van der Waals surface area contributed by atoms with Crippen LogP contribution in [0, 0.1) is 0 Å². The van der Waals surface area contributed by atoms with Crippen LogP contribution in [-0.2, 0) is 17.9 Å². The van der Waals surface area contributed by atoms with Crippen molar-refractivity contribution in [3.63, 3.8) is 0 Å². The molecule has 0 amide bonds. The number of hydrogen-bond donors (Lipinski definition) is 2. The predicted molar refractivity (Wildman–Crippen MR) is 74.3 cm³/mol. The summed E-state index contributed by atoms with van der Waals surface area (Å²) in [6.07, 6.45) is 3.57. The van der Waals surface area contributed by atoms with Crippen molar-refractivity contribution in [1.29, 1.82) is 0 Å². The second-order valence-electron chi connectivity index (χ2n) is 4.81. The van der Waals surface area contributed by atoms with Crippen LogP contribution >= 0.6 is 0 Å². The van der Waals surface area contributed by atoms with Gasteiger partial charge in [-0.25, -0.2) is 9.67 Å². The van der Waals surface area contributed by atoms with E-state index in [1.54, 1.807) is 9.36 Å². The Morgan fingerprint density at radius 1 is 1.25 bits per heavy atom. The van der Waals surface area contributed by atoms with Gasteiger partial charge in [-0.15, -0.1) is 0 Å². The zero-order chi connectivity index (χ0) is 14.4. The summed E-state index contributed by atoms with van der Waals surface area (Å²) >= 11 is 0. The first-order chi connectivity index (χ1) is 9.50. The fraction of sp³-hybridized carbons (Fsp3) is 0.308. The summed E-state index contributed by atoms with van der Waals surface area (Å²) in [6, 6.07) is 0. The Kier molecular flexibility index (Phi) is 2.63. The molecule has 0 bridgehead atoms. The Morgan fingerprint density at radius 2 is 1.95 bits per heavy atom. The molecule has 20 heavy (non-hydrogen) atoms. The van der Waals surface area contributed by atoms with Crippen LogP contribution in [0.5, 0.6) is 0 Å². The van der Waals surface area contributed by atoms with Gasteiger partial charge in [0.05, 0.1) is 0 Å². The van der Waals surface area contributed by atoms with Gasteiger partial charge in [-0.2, -0.15) is 0 Å². The lowest BCUT2D eigenvalue weighted by Crippen LogP contribution is -2.17. The molecule has 0 radical (unpaired) electrons. The Balaban J connectivity index is 2.13. The highest BCUT2D eigenvalue weighted by atomic mass is 16.3. The number of aromatic nitrogens is 2. The van der Waals surface area contributed by atoms with Gasteiger partial charge in [0.2, 0.25) is 0 Å². The van der Waals surface area contributed by atoms with Crippen LogP contribution in [0.3, 0.4) is 0 Å². The number of aliphatic hydroxyl groups is 1. The van der Waals surface area contributed by atoms with E-state index in [1.807, 2.05) is 0 Å². The number of aliphatic hydroxyl groups excluding tert-OH is 1. The monoisotopic (exact) mass is 274 g/mol. The van der Waals surface area contributed by atoms with Gasteiger partial charge in [0.25, 0.3) is 5.56 Å². The Labute approximate surface area is 114 Å². The lowest BCUT2D eigenvalue weighted by Gasteiger charge is -2.08. The number of hydrogen-bond acceptors (Lipinski definition) is 5. The third-order valence-electron chi connectivity index (χ3n) is 3.58. The number of aliphatic imine (C=N–C) groups is 1. The highest BCUT2D eigenvalue weighted by Gasteiger charge is 2.23. The fourth-order valence-electron chi connectivity index (χ4n) is 2.41. The molecule has 7 nitrogen and oxygen atoms in total. The third kappa shape index (κ3) is 1.63. The lowest BCUT2D eigenvalue weighted by molar-refractivity contribution is -0.111. The normalized spacial score (nSPS) is 20.1. The zero-order valence-electron chi connectivity index (χ0n) is 11.0. The maximum absolute atomic E-state index is 12.2. The van der Waals surface area contributed by atoms with E-state index in [-0.39, 0.29) is 39.9 Å². The number of nitrogen functional groups attached to an aromatic ring is 1.